The summed E-state index contributed by atoms with van der Waals surface area (Å²) in [6, 6.07) is 27.7. The van der Waals surface area contributed by atoms with Gasteiger partial charge in [0.1, 0.15) is 0 Å². The molecule has 0 aliphatic rings. The first-order chi connectivity index (χ1) is 18.7. The molecule has 0 bridgehead atoms. The highest BCUT2D eigenvalue weighted by Crippen LogP contribution is 2.30. The van der Waals surface area contributed by atoms with Crippen LogP contribution in [0.25, 0.3) is 11.0 Å². The zero-order chi connectivity index (χ0) is 27.7. The molecule has 0 aliphatic heterocycles. The van der Waals surface area contributed by atoms with E-state index in [4.69, 9.17) is 0 Å². The lowest BCUT2D eigenvalue weighted by Crippen LogP contribution is -2.32. The number of benzene rings is 4. The van der Waals surface area contributed by atoms with Gasteiger partial charge in [-0.15, -0.1) is 0 Å². The molecule has 1 heterocycles. The molecule has 39 heavy (non-hydrogen) atoms. The summed E-state index contributed by atoms with van der Waals surface area (Å²) in [6.45, 7) is 1.93. The molecule has 4 aromatic carbocycles. The lowest BCUT2D eigenvalue weighted by Gasteiger charge is -2.26. The third kappa shape index (κ3) is 4.96. The lowest BCUT2D eigenvalue weighted by molar-refractivity contribution is 0.102. The first-order valence-electron chi connectivity index (χ1n) is 12.4. The molecule has 1 N–H and O–H groups in total. The zero-order valence-electron chi connectivity index (χ0n) is 21.8. The maximum absolute atomic E-state index is 14.0. The average molecular weight is 541 g/mol. The van der Waals surface area contributed by atoms with E-state index in [0.29, 0.717) is 11.2 Å². The van der Waals surface area contributed by atoms with Gasteiger partial charge in [0.05, 0.1) is 33.7 Å². The lowest BCUT2D eigenvalue weighted by atomic mass is 10.1. The van der Waals surface area contributed by atoms with Gasteiger partial charge in [-0.3, -0.25) is 18.2 Å². The van der Waals surface area contributed by atoms with Gasteiger partial charge < -0.3 is 5.32 Å². The van der Waals surface area contributed by atoms with Crippen LogP contribution >= 0.6 is 0 Å². The Morgan fingerprint density at radius 3 is 2.18 bits per heavy atom. The van der Waals surface area contributed by atoms with Crippen LogP contribution in [0.1, 0.15) is 21.5 Å². The van der Waals surface area contributed by atoms with Crippen LogP contribution in [0.4, 0.5) is 11.4 Å². The first-order valence-corrected chi connectivity index (χ1v) is 13.8. The normalized spacial score (nSPS) is 11.5. The minimum atomic E-state index is -4.02. The van der Waals surface area contributed by atoms with Crippen molar-refractivity contribution in [1.82, 2.24) is 9.13 Å². The molecule has 0 unspecified atom stereocenters. The van der Waals surface area contributed by atoms with E-state index < -0.39 is 15.9 Å². The number of nitrogens with zero attached hydrogens (tertiary/aromatic N) is 3. The molecule has 1 amide bonds. The van der Waals surface area contributed by atoms with Crippen molar-refractivity contribution in [3.8, 4) is 0 Å². The van der Waals surface area contributed by atoms with Gasteiger partial charge in [0.2, 0.25) is 0 Å². The molecule has 0 spiro atoms. The number of imidazole rings is 1. The molecular weight excluding hydrogens is 512 g/mol. The largest absolute Gasteiger partial charge is 0.328 e. The van der Waals surface area contributed by atoms with E-state index in [1.165, 1.54) is 13.4 Å². The molecule has 5 rings (SSSR count). The number of carbonyl (C=O) groups is 1. The van der Waals surface area contributed by atoms with Crippen LogP contribution in [0.15, 0.2) is 107 Å². The number of anilines is 2. The van der Waals surface area contributed by atoms with E-state index in [0.717, 1.165) is 16.6 Å². The van der Waals surface area contributed by atoms with Gasteiger partial charge in [0, 0.05) is 19.8 Å². The van der Waals surface area contributed by atoms with Crippen LogP contribution in [0.5, 0.6) is 0 Å². The van der Waals surface area contributed by atoms with Crippen molar-refractivity contribution in [2.75, 3.05) is 9.62 Å². The first kappa shape index (κ1) is 26.0. The summed E-state index contributed by atoms with van der Waals surface area (Å²) in [6.07, 6.45) is 0. The van der Waals surface area contributed by atoms with Crippen LogP contribution in [0.3, 0.4) is 0 Å². The molecule has 0 fully saturated rings. The van der Waals surface area contributed by atoms with E-state index in [-0.39, 0.29) is 28.4 Å². The molecule has 0 aliphatic carbocycles. The number of hydrogen-bond donors (Lipinski definition) is 1. The van der Waals surface area contributed by atoms with Gasteiger partial charge in [-0.25, -0.2) is 13.2 Å². The van der Waals surface area contributed by atoms with Crippen LogP contribution in [-0.4, -0.2) is 23.5 Å². The van der Waals surface area contributed by atoms with E-state index in [9.17, 15) is 18.0 Å². The second kappa shape index (κ2) is 10.3. The molecule has 0 radical (unpaired) electrons. The Balaban J connectivity index is 1.56. The number of rotatable bonds is 7. The molecule has 9 heteroatoms. The summed E-state index contributed by atoms with van der Waals surface area (Å²) < 4.78 is 32.2. The molecule has 0 saturated heterocycles. The minimum absolute atomic E-state index is 0.0411. The van der Waals surface area contributed by atoms with Crippen LogP contribution < -0.4 is 15.3 Å². The number of para-hydroxylation sites is 1. The summed E-state index contributed by atoms with van der Waals surface area (Å²) in [7, 11) is -0.663. The molecule has 8 nitrogen and oxygen atoms in total. The van der Waals surface area contributed by atoms with E-state index >= 15 is 0 Å². The average Bonchev–Trinajstić information content (AvgIpc) is 3.15. The standard InChI is InChI=1S/C30H28N4O4S/c1-21-13-16-24(17-14-21)39(37,38)34(20-22-9-5-4-6-10-22)26-12-8-7-11-25(26)29(35)31-23-15-18-27-28(19-23)33(3)30(36)32(27)2/h4-19H,20H2,1-3H3,(H,31,35). The Labute approximate surface area is 226 Å². The van der Waals surface area contributed by atoms with Gasteiger partial charge in [-0.1, -0.05) is 60.2 Å². The predicted octanol–water partition coefficient (Wildman–Crippen LogP) is 4.83. The van der Waals surface area contributed by atoms with Gasteiger partial charge >= 0.3 is 5.69 Å². The van der Waals surface area contributed by atoms with Crippen LogP contribution in [0, 0.1) is 6.92 Å². The van der Waals surface area contributed by atoms with Crippen molar-refractivity contribution >= 4 is 38.3 Å². The highest BCUT2D eigenvalue weighted by molar-refractivity contribution is 7.92. The smallest absolute Gasteiger partial charge is 0.322 e. The zero-order valence-corrected chi connectivity index (χ0v) is 22.6. The second-order valence-electron chi connectivity index (χ2n) is 9.39. The number of nitrogens with one attached hydrogen (secondary N) is 1. The number of fused-ring (bicyclic) bond motifs is 1. The Morgan fingerprint density at radius 1 is 0.821 bits per heavy atom. The van der Waals surface area contributed by atoms with Crippen molar-refractivity contribution in [3.63, 3.8) is 0 Å². The summed E-state index contributed by atoms with van der Waals surface area (Å²) in [5.74, 6) is -0.469. The highest BCUT2D eigenvalue weighted by atomic mass is 32.2. The van der Waals surface area contributed by atoms with Crippen molar-refractivity contribution in [2.45, 2.75) is 18.4 Å². The fraction of sp³-hybridized carbons (Fsp3) is 0.133. The number of sulfonamides is 1. The van der Waals surface area contributed by atoms with Gasteiger partial charge in [-0.2, -0.15) is 0 Å². The molecule has 198 valence electrons. The predicted molar refractivity (Wildman–Crippen MR) is 154 cm³/mol. The number of aromatic nitrogens is 2. The highest BCUT2D eigenvalue weighted by Gasteiger charge is 2.28. The molecular formula is C30H28N4O4S. The maximum Gasteiger partial charge on any atom is 0.328 e. The monoisotopic (exact) mass is 540 g/mol. The van der Waals surface area contributed by atoms with Gasteiger partial charge in [0.15, 0.2) is 0 Å². The maximum atomic E-state index is 14.0. The number of amides is 1. The van der Waals surface area contributed by atoms with E-state index in [1.54, 1.807) is 80.8 Å². The summed E-state index contributed by atoms with van der Waals surface area (Å²) >= 11 is 0. The molecule has 1 aromatic heterocycles. The van der Waals surface area contributed by atoms with Crippen molar-refractivity contribution in [2.24, 2.45) is 14.1 Å². The molecule has 5 aromatic rings. The number of hydrogen-bond acceptors (Lipinski definition) is 4. The summed E-state index contributed by atoms with van der Waals surface area (Å²) in [5, 5.41) is 2.88. The third-order valence-corrected chi connectivity index (χ3v) is 8.50. The minimum Gasteiger partial charge on any atom is -0.322 e. The quantitative estimate of drug-likeness (QED) is 0.320. The van der Waals surface area contributed by atoms with Crippen molar-refractivity contribution in [1.29, 1.82) is 0 Å². The van der Waals surface area contributed by atoms with Crippen molar-refractivity contribution < 1.29 is 13.2 Å². The summed E-state index contributed by atoms with van der Waals surface area (Å²) in [4.78, 5) is 26.0. The van der Waals surface area contributed by atoms with Gasteiger partial charge in [-0.05, 0) is 55.0 Å². The Bertz CT molecular complexity index is 1840. The molecule has 0 saturated carbocycles. The number of carbonyl (C=O) groups excluding carboxylic acids is 1. The fourth-order valence-electron chi connectivity index (χ4n) is 4.55. The summed E-state index contributed by atoms with van der Waals surface area (Å²) in [5.41, 5.74) is 3.89. The Hall–Kier alpha value is -4.63. The Morgan fingerprint density at radius 2 is 1.46 bits per heavy atom. The van der Waals surface area contributed by atoms with E-state index in [2.05, 4.69) is 5.32 Å². The van der Waals surface area contributed by atoms with Gasteiger partial charge in [0.25, 0.3) is 15.9 Å². The fourth-order valence-corrected chi connectivity index (χ4v) is 6.02. The third-order valence-electron chi connectivity index (χ3n) is 6.73. The molecule has 0 atom stereocenters. The second-order valence-corrected chi connectivity index (χ2v) is 11.2. The topological polar surface area (TPSA) is 93.4 Å². The van der Waals surface area contributed by atoms with E-state index in [1.807, 2.05) is 37.3 Å². The SMILES string of the molecule is Cc1ccc(S(=O)(=O)N(Cc2ccccc2)c2ccccc2C(=O)Nc2ccc3c(c2)n(C)c(=O)n3C)cc1. The van der Waals surface area contributed by atoms with Crippen molar-refractivity contribution in [3.05, 3.63) is 124 Å². The van der Waals surface area contributed by atoms with Crippen LogP contribution in [-0.2, 0) is 30.7 Å². The Kier molecular flexibility index (Phi) is 6.84. The van der Waals surface area contributed by atoms with Crippen LogP contribution in [0.2, 0.25) is 0 Å². The number of aryl methyl sites for hydroxylation is 3.